The monoisotopic (exact) mass is 463 g/mol. The minimum Gasteiger partial charge on any atom is -0.410 e. The highest BCUT2D eigenvalue weighted by molar-refractivity contribution is 5.71. The molecule has 0 saturated carbocycles. The van der Waals surface area contributed by atoms with E-state index in [4.69, 9.17) is 4.74 Å². The average Bonchev–Trinajstić information content (AvgIpc) is 2.84. The van der Waals surface area contributed by atoms with Crippen molar-refractivity contribution in [3.05, 3.63) is 136 Å². The van der Waals surface area contributed by atoms with Gasteiger partial charge in [0.25, 0.3) is 0 Å². The number of carbonyl (C=O) groups excluding carboxylic acids is 1. The maximum atomic E-state index is 12.9. The Morgan fingerprint density at radius 3 is 1.66 bits per heavy atom. The number of amides is 1. The van der Waals surface area contributed by atoms with Crippen molar-refractivity contribution in [1.29, 1.82) is 0 Å². The summed E-state index contributed by atoms with van der Waals surface area (Å²) < 4.78 is 5.67. The normalized spacial score (nSPS) is 11.8. The van der Waals surface area contributed by atoms with Gasteiger partial charge >= 0.3 is 6.09 Å². The van der Waals surface area contributed by atoms with Gasteiger partial charge in [0.15, 0.2) is 0 Å². The van der Waals surface area contributed by atoms with Crippen molar-refractivity contribution in [2.24, 2.45) is 0 Å². The van der Waals surface area contributed by atoms with Crippen LogP contribution in [-0.4, -0.2) is 6.09 Å². The zero-order valence-corrected chi connectivity index (χ0v) is 21.1. The second kappa shape index (κ2) is 10.6. The summed E-state index contributed by atoms with van der Waals surface area (Å²) in [6.07, 6.45) is -0.480. The van der Waals surface area contributed by atoms with E-state index < -0.39 is 6.09 Å². The molecule has 0 radical (unpaired) electrons. The van der Waals surface area contributed by atoms with Crippen LogP contribution < -0.4 is 10.1 Å². The molecule has 0 spiro atoms. The second-order valence-electron chi connectivity index (χ2n) is 9.44. The molecule has 4 aromatic rings. The molecule has 0 heterocycles. The van der Waals surface area contributed by atoms with Gasteiger partial charge in [-0.05, 0) is 67.6 Å². The van der Waals surface area contributed by atoms with Gasteiger partial charge in [-0.2, -0.15) is 0 Å². The van der Waals surface area contributed by atoms with Crippen LogP contribution in [-0.2, 0) is 0 Å². The first-order valence-electron chi connectivity index (χ1n) is 12.1. The van der Waals surface area contributed by atoms with Gasteiger partial charge in [0.2, 0.25) is 0 Å². The molecule has 0 saturated heterocycles. The molecular weight excluding hydrogens is 430 g/mol. The number of hydrogen-bond donors (Lipinski definition) is 1. The van der Waals surface area contributed by atoms with Crippen molar-refractivity contribution >= 4 is 6.09 Å². The van der Waals surface area contributed by atoms with Crippen molar-refractivity contribution in [3.63, 3.8) is 0 Å². The molecule has 1 unspecified atom stereocenters. The molecule has 4 aromatic carbocycles. The Morgan fingerprint density at radius 1 is 0.657 bits per heavy atom. The highest BCUT2D eigenvalue weighted by Crippen LogP contribution is 2.29. The Labute approximate surface area is 208 Å². The van der Waals surface area contributed by atoms with E-state index in [1.165, 1.54) is 33.4 Å². The zero-order chi connectivity index (χ0) is 24.9. The van der Waals surface area contributed by atoms with Crippen LogP contribution >= 0.6 is 0 Å². The summed E-state index contributed by atoms with van der Waals surface area (Å²) in [6.45, 7) is 10.6. The molecule has 3 nitrogen and oxygen atoms in total. The van der Waals surface area contributed by atoms with Gasteiger partial charge in [0.1, 0.15) is 5.75 Å². The van der Waals surface area contributed by atoms with Gasteiger partial charge in [-0.3, -0.25) is 0 Å². The van der Waals surface area contributed by atoms with Crippen molar-refractivity contribution in [2.45, 2.75) is 46.6 Å². The maximum absolute atomic E-state index is 12.9. The summed E-state index contributed by atoms with van der Waals surface area (Å²) in [6, 6.07) is 30.5. The van der Waals surface area contributed by atoms with Gasteiger partial charge in [0.05, 0.1) is 6.04 Å². The first kappa shape index (κ1) is 24.3. The first-order valence-corrected chi connectivity index (χ1v) is 12.1. The third kappa shape index (κ3) is 5.99. The molecule has 178 valence electrons. The number of carbonyl (C=O) groups is 1. The number of ether oxygens (including phenoxy) is 1. The summed E-state index contributed by atoms with van der Waals surface area (Å²) in [5, 5.41) is 3.05. The van der Waals surface area contributed by atoms with E-state index >= 15 is 0 Å². The number of aryl methyl sites for hydroxylation is 4. The van der Waals surface area contributed by atoms with Crippen LogP contribution in [0.5, 0.6) is 5.75 Å². The molecule has 0 bridgehead atoms. The third-order valence-corrected chi connectivity index (χ3v) is 6.57. The number of nitrogens with one attached hydrogen (secondary N) is 1. The highest BCUT2D eigenvalue weighted by atomic mass is 16.6. The lowest BCUT2D eigenvalue weighted by Crippen LogP contribution is -2.31. The summed E-state index contributed by atoms with van der Waals surface area (Å²) in [7, 11) is 0. The molecule has 0 aliphatic heterocycles. The number of hydrogen-bond acceptors (Lipinski definition) is 2. The zero-order valence-electron chi connectivity index (χ0n) is 21.1. The van der Waals surface area contributed by atoms with E-state index in [-0.39, 0.29) is 12.0 Å². The second-order valence-corrected chi connectivity index (χ2v) is 9.44. The largest absolute Gasteiger partial charge is 0.413 e. The third-order valence-electron chi connectivity index (χ3n) is 6.57. The van der Waals surface area contributed by atoms with Crippen molar-refractivity contribution < 1.29 is 9.53 Å². The molecule has 0 aromatic heterocycles. The standard InChI is InChI=1S/C32H33NO2/c1-21-6-11-27(12-7-21)31(28-13-8-22(2)9-14-28)33-32(34)35-29-17-15-26(16-18-29)25(5)30-19-10-23(3)20-24(30)4/h6-20,25,31H,1-5H3,(H,33,34). The van der Waals surface area contributed by atoms with Gasteiger partial charge < -0.3 is 10.1 Å². The smallest absolute Gasteiger partial charge is 0.410 e. The Morgan fingerprint density at radius 2 is 1.14 bits per heavy atom. The van der Waals surface area contributed by atoms with E-state index in [0.29, 0.717) is 5.75 Å². The van der Waals surface area contributed by atoms with Crippen LogP contribution in [0.25, 0.3) is 0 Å². The van der Waals surface area contributed by atoms with E-state index in [0.717, 1.165) is 11.1 Å². The molecule has 1 amide bonds. The van der Waals surface area contributed by atoms with Gasteiger partial charge in [0, 0.05) is 5.92 Å². The molecule has 0 aliphatic rings. The lowest BCUT2D eigenvalue weighted by molar-refractivity contribution is 0.198. The molecule has 0 fully saturated rings. The molecule has 3 heteroatoms. The number of rotatable bonds is 6. The van der Waals surface area contributed by atoms with E-state index in [2.05, 4.69) is 82.4 Å². The quantitative estimate of drug-likeness (QED) is 0.315. The molecule has 1 atom stereocenters. The molecule has 35 heavy (non-hydrogen) atoms. The topological polar surface area (TPSA) is 38.3 Å². The van der Waals surface area contributed by atoms with E-state index in [9.17, 15) is 4.79 Å². The van der Waals surface area contributed by atoms with E-state index in [1.807, 2.05) is 48.5 Å². The minimum atomic E-state index is -0.480. The van der Waals surface area contributed by atoms with Crippen molar-refractivity contribution in [1.82, 2.24) is 5.32 Å². The predicted molar refractivity (Wildman–Crippen MR) is 143 cm³/mol. The lowest BCUT2D eigenvalue weighted by Gasteiger charge is -2.20. The molecule has 1 N–H and O–H groups in total. The Bertz CT molecular complexity index is 1240. The summed E-state index contributed by atoms with van der Waals surface area (Å²) in [4.78, 5) is 12.9. The van der Waals surface area contributed by atoms with Gasteiger partial charge in [-0.25, -0.2) is 4.79 Å². The van der Waals surface area contributed by atoms with E-state index in [1.54, 1.807) is 0 Å². The van der Waals surface area contributed by atoms with Crippen LogP contribution in [0.15, 0.2) is 91.0 Å². The Hall–Kier alpha value is -3.85. The van der Waals surface area contributed by atoms with Crippen LogP contribution in [0.2, 0.25) is 0 Å². The Kier molecular flexibility index (Phi) is 7.36. The van der Waals surface area contributed by atoms with Crippen LogP contribution in [0.4, 0.5) is 4.79 Å². The van der Waals surface area contributed by atoms with Crippen molar-refractivity contribution in [2.75, 3.05) is 0 Å². The molecule has 4 rings (SSSR count). The average molecular weight is 464 g/mol. The fourth-order valence-corrected chi connectivity index (χ4v) is 4.45. The maximum Gasteiger partial charge on any atom is 0.413 e. The summed E-state index contributed by atoms with van der Waals surface area (Å²) >= 11 is 0. The van der Waals surface area contributed by atoms with Crippen LogP contribution in [0, 0.1) is 27.7 Å². The SMILES string of the molecule is Cc1ccc(C(NC(=O)Oc2ccc(C(C)c3ccc(C)cc3C)cc2)c2ccc(C)cc2)cc1. The fraction of sp³-hybridized carbons (Fsp3) is 0.219. The Balaban J connectivity index is 1.48. The first-order chi connectivity index (χ1) is 16.8. The van der Waals surface area contributed by atoms with Gasteiger partial charge in [-0.1, -0.05) is 102 Å². The highest BCUT2D eigenvalue weighted by Gasteiger charge is 2.19. The van der Waals surface area contributed by atoms with Crippen LogP contribution in [0.1, 0.15) is 63.4 Å². The summed E-state index contributed by atoms with van der Waals surface area (Å²) in [5.41, 5.74) is 9.41. The lowest BCUT2D eigenvalue weighted by atomic mass is 9.89. The predicted octanol–water partition coefficient (Wildman–Crippen LogP) is 7.95. The van der Waals surface area contributed by atoms with Crippen LogP contribution in [0.3, 0.4) is 0 Å². The molecular formula is C32H33NO2. The fourth-order valence-electron chi connectivity index (χ4n) is 4.45. The summed E-state index contributed by atoms with van der Waals surface area (Å²) in [5.74, 6) is 0.775. The van der Waals surface area contributed by atoms with Crippen molar-refractivity contribution in [3.8, 4) is 5.75 Å². The minimum absolute atomic E-state index is 0.255. The number of benzene rings is 4. The van der Waals surface area contributed by atoms with Gasteiger partial charge in [-0.15, -0.1) is 0 Å². The molecule has 0 aliphatic carbocycles.